The predicted molar refractivity (Wildman–Crippen MR) is 119 cm³/mol. The molecule has 6 nitrogen and oxygen atoms in total. The molecule has 0 aliphatic rings. The largest absolute Gasteiger partial charge is 0.467 e. The van der Waals surface area contributed by atoms with Crippen LogP contribution in [-0.2, 0) is 4.79 Å². The van der Waals surface area contributed by atoms with E-state index in [2.05, 4.69) is 15.4 Å². The molecular formula is C23H21ClN4O2. The molecular weight excluding hydrogens is 400 g/mol. The zero-order valence-electron chi connectivity index (χ0n) is 16.9. The van der Waals surface area contributed by atoms with Gasteiger partial charge >= 0.3 is 0 Å². The van der Waals surface area contributed by atoms with Crippen LogP contribution in [0.15, 0.2) is 54.6 Å². The van der Waals surface area contributed by atoms with Gasteiger partial charge < -0.3 is 10.1 Å². The van der Waals surface area contributed by atoms with Crippen LogP contribution >= 0.6 is 11.6 Å². The summed E-state index contributed by atoms with van der Waals surface area (Å²) >= 11 is 5.95. The number of nitrogens with one attached hydrogen (secondary N) is 1. The Morgan fingerprint density at radius 1 is 1.10 bits per heavy atom. The second kappa shape index (κ2) is 8.16. The highest BCUT2D eigenvalue weighted by Crippen LogP contribution is 2.27. The van der Waals surface area contributed by atoms with Gasteiger partial charge in [-0.25, -0.2) is 4.68 Å². The highest BCUT2D eigenvalue weighted by atomic mass is 35.5. The molecule has 0 atom stereocenters. The van der Waals surface area contributed by atoms with E-state index in [0.717, 1.165) is 22.3 Å². The van der Waals surface area contributed by atoms with Gasteiger partial charge in [0.25, 0.3) is 5.91 Å². The van der Waals surface area contributed by atoms with Crippen LogP contribution in [0.25, 0.3) is 16.7 Å². The third-order valence-corrected chi connectivity index (χ3v) is 4.96. The SMILES string of the molecule is Cc1ccc(-n2nc(C)c3c(C)cc(OCC(=O)Nc4cccc(Cl)c4)nc32)cc1. The number of rotatable bonds is 5. The average Bonchev–Trinajstić information content (AvgIpc) is 3.04. The third-order valence-electron chi connectivity index (χ3n) is 4.72. The van der Waals surface area contributed by atoms with Gasteiger partial charge in [-0.15, -0.1) is 0 Å². The number of aryl methyl sites for hydroxylation is 3. The Morgan fingerprint density at radius 2 is 1.87 bits per heavy atom. The van der Waals surface area contributed by atoms with Crippen LogP contribution in [0, 0.1) is 20.8 Å². The molecule has 0 saturated heterocycles. The minimum Gasteiger partial charge on any atom is -0.467 e. The number of halogens is 1. The van der Waals surface area contributed by atoms with Gasteiger partial charge in [-0.1, -0.05) is 35.4 Å². The number of hydrogen-bond acceptors (Lipinski definition) is 4. The van der Waals surface area contributed by atoms with Gasteiger partial charge in [0.2, 0.25) is 5.88 Å². The van der Waals surface area contributed by atoms with Crippen molar-refractivity contribution in [2.45, 2.75) is 20.8 Å². The second-order valence-corrected chi connectivity index (χ2v) is 7.59. The smallest absolute Gasteiger partial charge is 0.262 e. The van der Waals surface area contributed by atoms with Crippen LogP contribution in [0.3, 0.4) is 0 Å². The maximum Gasteiger partial charge on any atom is 0.262 e. The first-order valence-electron chi connectivity index (χ1n) is 9.53. The molecule has 152 valence electrons. The lowest BCUT2D eigenvalue weighted by molar-refractivity contribution is -0.118. The van der Waals surface area contributed by atoms with Crippen LogP contribution in [0.4, 0.5) is 5.69 Å². The lowest BCUT2D eigenvalue weighted by Crippen LogP contribution is -2.20. The van der Waals surface area contributed by atoms with Crippen molar-refractivity contribution < 1.29 is 9.53 Å². The summed E-state index contributed by atoms with van der Waals surface area (Å²) in [5, 5.41) is 8.95. The van der Waals surface area contributed by atoms with E-state index in [1.165, 1.54) is 5.56 Å². The summed E-state index contributed by atoms with van der Waals surface area (Å²) in [6.07, 6.45) is 0. The highest BCUT2D eigenvalue weighted by Gasteiger charge is 2.15. The summed E-state index contributed by atoms with van der Waals surface area (Å²) in [5.74, 6) is 0.0783. The van der Waals surface area contributed by atoms with Crippen LogP contribution in [0.2, 0.25) is 5.02 Å². The number of hydrogen-bond donors (Lipinski definition) is 1. The van der Waals surface area contributed by atoms with Gasteiger partial charge in [-0.05, 0) is 56.7 Å². The van der Waals surface area contributed by atoms with Crippen molar-refractivity contribution in [1.29, 1.82) is 0 Å². The Hall–Kier alpha value is -3.38. The number of carbonyl (C=O) groups excluding carboxylic acids is 1. The van der Waals surface area contributed by atoms with Crippen molar-refractivity contribution in [2.24, 2.45) is 0 Å². The lowest BCUT2D eigenvalue weighted by Gasteiger charge is -2.09. The fraction of sp³-hybridized carbons (Fsp3) is 0.174. The Bertz CT molecular complexity index is 1230. The first-order valence-corrected chi connectivity index (χ1v) is 9.91. The zero-order valence-corrected chi connectivity index (χ0v) is 17.7. The summed E-state index contributed by atoms with van der Waals surface area (Å²) in [6, 6.07) is 16.9. The van der Waals surface area contributed by atoms with Crippen molar-refractivity contribution in [3.63, 3.8) is 0 Å². The van der Waals surface area contributed by atoms with Crippen LogP contribution in [-0.4, -0.2) is 27.3 Å². The number of benzene rings is 2. The second-order valence-electron chi connectivity index (χ2n) is 7.16. The number of pyridine rings is 1. The summed E-state index contributed by atoms with van der Waals surface area (Å²) in [6.45, 7) is 5.82. The molecule has 1 amide bonds. The van der Waals surface area contributed by atoms with Crippen molar-refractivity contribution in [3.05, 3.63) is 76.4 Å². The van der Waals surface area contributed by atoms with Gasteiger partial charge in [-0.3, -0.25) is 4.79 Å². The van der Waals surface area contributed by atoms with Gasteiger partial charge in [0.15, 0.2) is 12.3 Å². The fourth-order valence-corrected chi connectivity index (χ4v) is 3.51. The Kier molecular flexibility index (Phi) is 5.42. The minimum atomic E-state index is -0.292. The van der Waals surface area contributed by atoms with Crippen LogP contribution in [0.1, 0.15) is 16.8 Å². The summed E-state index contributed by atoms with van der Waals surface area (Å²) < 4.78 is 7.48. The molecule has 7 heteroatoms. The molecule has 4 aromatic rings. The van der Waals surface area contributed by atoms with Gasteiger partial charge in [0, 0.05) is 22.2 Å². The third kappa shape index (κ3) is 4.14. The molecule has 0 spiro atoms. The molecule has 0 aliphatic heterocycles. The van der Waals surface area contributed by atoms with Crippen molar-refractivity contribution in [3.8, 4) is 11.6 Å². The number of aromatic nitrogens is 3. The van der Waals surface area contributed by atoms with E-state index in [9.17, 15) is 4.79 Å². The first kappa shape index (κ1) is 19.9. The molecule has 0 saturated carbocycles. The van der Waals surface area contributed by atoms with E-state index in [1.54, 1.807) is 28.9 Å². The number of nitrogens with zero attached hydrogens (tertiary/aromatic N) is 3. The molecule has 0 fully saturated rings. The molecule has 4 rings (SSSR count). The molecule has 0 radical (unpaired) electrons. The van der Waals surface area contributed by atoms with Gasteiger partial charge in [-0.2, -0.15) is 10.1 Å². The number of amides is 1. The quantitative estimate of drug-likeness (QED) is 0.492. The number of carbonyl (C=O) groups is 1. The van der Waals surface area contributed by atoms with Crippen molar-refractivity contribution in [1.82, 2.24) is 14.8 Å². The number of anilines is 1. The maximum absolute atomic E-state index is 12.2. The summed E-state index contributed by atoms with van der Waals surface area (Å²) in [5.41, 5.74) is 5.28. The predicted octanol–water partition coefficient (Wildman–Crippen LogP) is 5.02. The molecule has 0 aliphatic carbocycles. The number of ether oxygens (including phenoxy) is 1. The molecule has 0 unspecified atom stereocenters. The molecule has 30 heavy (non-hydrogen) atoms. The molecule has 1 N–H and O–H groups in total. The average molecular weight is 421 g/mol. The molecule has 2 aromatic heterocycles. The summed E-state index contributed by atoms with van der Waals surface area (Å²) in [7, 11) is 0. The van der Waals surface area contributed by atoms with Crippen LogP contribution in [0.5, 0.6) is 5.88 Å². The van der Waals surface area contributed by atoms with Gasteiger partial charge in [0.05, 0.1) is 11.4 Å². The van der Waals surface area contributed by atoms with E-state index in [4.69, 9.17) is 16.3 Å². The maximum atomic E-state index is 12.2. The minimum absolute atomic E-state index is 0.165. The van der Waals surface area contributed by atoms with Crippen molar-refractivity contribution in [2.75, 3.05) is 11.9 Å². The van der Waals surface area contributed by atoms with E-state index < -0.39 is 0 Å². The van der Waals surface area contributed by atoms with E-state index >= 15 is 0 Å². The molecule has 2 heterocycles. The molecule has 0 bridgehead atoms. The van der Waals surface area contributed by atoms with E-state index in [0.29, 0.717) is 22.2 Å². The zero-order chi connectivity index (χ0) is 21.3. The highest BCUT2D eigenvalue weighted by molar-refractivity contribution is 6.30. The topological polar surface area (TPSA) is 69.0 Å². The Balaban J connectivity index is 1.58. The number of fused-ring (bicyclic) bond motifs is 1. The van der Waals surface area contributed by atoms with E-state index in [-0.39, 0.29) is 12.5 Å². The first-order chi connectivity index (χ1) is 14.4. The van der Waals surface area contributed by atoms with Gasteiger partial charge in [0.1, 0.15) is 0 Å². The van der Waals surface area contributed by atoms with Crippen molar-refractivity contribution >= 4 is 34.2 Å². The van der Waals surface area contributed by atoms with Crippen LogP contribution < -0.4 is 10.1 Å². The Morgan fingerprint density at radius 3 is 2.60 bits per heavy atom. The summed E-state index contributed by atoms with van der Waals surface area (Å²) in [4.78, 5) is 16.9. The monoisotopic (exact) mass is 420 g/mol. The standard InChI is InChI=1S/C23H21ClN4O2/c1-14-7-9-19(10-8-14)28-23-22(16(3)27-28)15(2)11-21(26-23)30-13-20(29)25-18-6-4-5-17(24)12-18/h4-12H,13H2,1-3H3,(H,25,29). The lowest BCUT2D eigenvalue weighted by atomic mass is 10.1. The Labute approximate surface area is 179 Å². The fourth-order valence-electron chi connectivity index (χ4n) is 3.32. The van der Waals surface area contributed by atoms with E-state index in [1.807, 2.05) is 51.1 Å². The molecule has 2 aromatic carbocycles. The normalized spacial score (nSPS) is 10.9.